The van der Waals surface area contributed by atoms with Crippen LogP contribution >= 0.6 is 11.3 Å². The number of rotatable bonds is 5. The van der Waals surface area contributed by atoms with Crippen LogP contribution in [0.3, 0.4) is 0 Å². The second kappa shape index (κ2) is 9.71. The highest BCUT2D eigenvalue weighted by molar-refractivity contribution is 7.92. The molecular formula is C23H32N2O3S2. The van der Waals surface area contributed by atoms with Gasteiger partial charge in [-0.1, -0.05) is 19.3 Å². The van der Waals surface area contributed by atoms with Crippen LogP contribution in [-0.2, 0) is 15.9 Å². The number of hydrogen-bond donors (Lipinski definition) is 1. The highest BCUT2D eigenvalue weighted by Crippen LogP contribution is 2.41. The van der Waals surface area contributed by atoms with Crippen LogP contribution in [0.15, 0.2) is 29.3 Å². The molecule has 0 radical (unpaired) electrons. The molecule has 1 amide bonds. The Bertz CT molecular complexity index is 868. The van der Waals surface area contributed by atoms with Crippen LogP contribution in [0.4, 0.5) is 10.5 Å². The molecule has 1 N–H and O–H groups in total. The van der Waals surface area contributed by atoms with Crippen LogP contribution in [0, 0.1) is 0 Å². The Morgan fingerprint density at radius 2 is 1.97 bits per heavy atom. The fraction of sp³-hybridized carbons (Fsp3) is 0.565. The van der Waals surface area contributed by atoms with E-state index in [1.807, 2.05) is 39.1 Å². The monoisotopic (exact) mass is 448 g/mol. The lowest BCUT2D eigenvalue weighted by Gasteiger charge is -2.26. The number of carbonyl (C=O) groups excluding carboxylic acids is 1. The third-order valence-corrected chi connectivity index (χ3v) is 8.11. The van der Waals surface area contributed by atoms with Gasteiger partial charge in [-0.15, -0.1) is 11.3 Å². The van der Waals surface area contributed by atoms with Gasteiger partial charge < -0.3 is 9.29 Å². The van der Waals surface area contributed by atoms with Crippen molar-refractivity contribution in [2.24, 2.45) is 0 Å². The maximum atomic E-state index is 13.3. The second-order valence-corrected chi connectivity index (χ2v) is 12.3. The lowest BCUT2D eigenvalue weighted by atomic mass is 9.90. The van der Waals surface area contributed by atoms with E-state index in [4.69, 9.17) is 9.72 Å². The molecule has 0 bridgehead atoms. The van der Waals surface area contributed by atoms with Crippen LogP contribution in [0.2, 0.25) is 0 Å². The van der Waals surface area contributed by atoms with E-state index < -0.39 is 22.0 Å². The summed E-state index contributed by atoms with van der Waals surface area (Å²) in [5.41, 5.74) is 1.50. The van der Waals surface area contributed by atoms with E-state index in [-0.39, 0.29) is 6.10 Å². The summed E-state index contributed by atoms with van der Waals surface area (Å²) in [6, 6.07) is 5.57. The smallest absolute Gasteiger partial charge is 0.411 e. The average molecular weight is 449 g/mol. The summed E-state index contributed by atoms with van der Waals surface area (Å²) in [7, 11) is 0. The molecule has 2 aromatic rings. The van der Waals surface area contributed by atoms with Crippen molar-refractivity contribution in [3.8, 4) is 10.4 Å². The molecule has 30 heavy (non-hydrogen) atoms. The van der Waals surface area contributed by atoms with Crippen molar-refractivity contribution >= 4 is 34.3 Å². The summed E-state index contributed by atoms with van der Waals surface area (Å²) < 4.78 is 18.1. The summed E-state index contributed by atoms with van der Waals surface area (Å²) in [5.74, 6) is 0.542. The van der Waals surface area contributed by atoms with Crippen molar-refractivity contribution in [2.75, 3.05) is 5.32 Å². The van der Waals surface area contributed by atoms with Gasteiger partial charge in [0.25, 0.3) is 0 Å². The fourth-order valence-corrected chi connectivity index (χ4v) is 6.06. The van der Waals surface area contributed by atoms with E-state index in [0.717, 1.165) is 10.4 Å². The minimum atomic E-state index is -1.26. The second-order valence-electron chi connectivity index (χ2n) is 9.07. The maximum absolute atomic E-state index is 13.3. The first-order chi connectivity index (χ1) is 14.1. The number of amides is 1. The predicted molar refractivity (Wildman–Crippen MR) is 125 cm³/mol. The Balaban J connectivity index is 1.93. The molecule has 0 aliphatic heterocycles. The third-order valence-electron chi connectivity index (χ3n) is 5.07. The molecule has 1 saturated carbocycles. The van der Waals surface area contributed by atoms with Gasteiger partial charge in [-0.2, -0.15) is 0 Å². The van der Waals surface area contributed by atoms with Gasteiger partial charge in [0.1, 0.15) is 4.75 Å². The maximum Gasteiger partial charge on any atom is 0.411 e. The quantitative estimate of drug-likeness (QED) is 0.515. The molecule has 1 fully saturated rings. The number of aromatic nitrogens is 1. The molecule has 1 aromatic heterocycles. The zero-order valence-corrected chi connectivity index (χ0v) is 20.1. The van der Waals surface area contributed by atoms with Crippen LogP contribution in [0.5, 0.6) is 0 Å². The highest BCUT2D eigenvalue weighted by atomic mass is 32.2. The van der Waals surface area contributed by atoms with Gasteiger partial charge in [-0.25, -0.2) is 9.78 Å². The van der Waals surface area contributed by atoms with Gasteiger partial charge in [0.2, 0.25) is 0 Å². The first kappa shape index (κ1) is 23.1. The molecule has 3 rings (SSSR count). The summed E-state index contributed by atoms with van der Waals surface area (Å²) in [4.78, 5) is 18.5. The van der Waals surface area contributed by atoms with Crippen molar-refractivity contribution in [1.29, 1.82) is 0 Å². The van der Waals surface area contributed by atoms with Crippen molar-refractivity contribution in [2.45, 2.75) is 88.4 Å². The van der Waals surface area contributed by atoms with Gasteiger partial charge in [-0.05, 0) is 70.8 Å². The zero-order chi connectivity index (χ0) is 21.9. The van der Waals surface area contributed by atoms with Gasteiger partial charge >= 0.3 is 6.09 Å². The molecule has 5 nitrogen and oxygen atoms in total. The minimum absolute atomic E-state index is 0.206. The standard InChI is InChI=1S/C23H32N2O3S2/c1-15(2)28-22(26)25-17-11-12-18(20(13-17)30(27)23(3,4)5)19-14-24-21(29-19)16-9-7-6-8-10-16/h11-16H,6-10H2,1-5H3,(H,25,26). The van der Waals surface area contributed by atoms with Crippen LogP contribution in [-0.4, -0.2) is 26.5 Å². The number of hydrogen-bond acceptors (Lipinski definition) is 5. The number of anilines is 1. The molecule has 164 valence electrons. The predicted octanol–water partition coefficient (Wildman–Crippen LogP) is 6.72. The largest absolute Gasteiger partial charge is 0.611 e. The topological polar surface area (TPSA) is 74.3 Å². The van der Waals surface area contributed by atoms with E-state index in [2.05, 4.69) is 5.32 Å². The Kier molecular flexibility index (Phi) is 7.47. The number of nitrogens with zero attached hydrogens (tertiary/aromatic N) is 1. The molecule has 1 unspecified atom stereocenters. The molecule has 7 heteroatoms. The summed E-state index contributed by atoms with van der Waals surface area (Å²) in [5, 5.41) is 3.93. The summed E-state index contributed by atoms with van der Waals surface area (Å²) in [6.45, 7) is 9.48. The summed E-state index contributed by atoms with van der Waals surface area (Å²) >= 11 is 0.448. The summed E-state index contributed by atoms with van der Waals surface area (Å²) in [6.07, 6.45) is 7.45. The first-order valence-electron chi connectivity index (χ1n) is 10.6. The lowest BCUT2D eigenvalue weighted by molar-refractivity contribution is 0.130. The molecular weight excluding hydrogens is 416 g/mol. The van der Waals surface area contributed by atoms with Crippen molar-refractivity contribution in [3.05, 3.63) is 29.4 Å². The number of benzene rings is 1. The van der Waals surface area contributed by atoms with Crippen LogP contribution in [0.1, 0.15) is 77.6 Å². The molecule has 1 heterocycles. The van der Waals surface area contributed by atoms with E-state index in [1.54, 1.807) is 31.3 Å². The number of carbonyl (C=O) groups is 1. The van der Waals surface area contributed by atoms with Gasteiger partial charge in [-0.3, -0.25) is 5.32 Å². The Morgan fingerprint density at radius 1 is 1.27 bits per heavy atom. The number of ether oxygens (including phenoxy) is 1. The normalized spacial score (nSPS) is 16.5. The van der Waals surface area contributed by atoms with Crippen molar-refractivity contribution in [1.82, 2.24) is 4.98 Å². The van der Waals surface area contributed by atoms with E-state index in [1.165, 1.54) is 37.1 Å². The third kappa shape index (κ3) is 5.77. The molecule has 1 aliphatic rings. The van der Waals surface area contributed by atoms with E-state index in [0.29, 0.717) is 16.5 Å². The van der Waals surface area contributed by atoms with Crippen molar-refractivity contribution in [3.63, 3.8) is 0 Å². The zero-order valence-electron chi connectivity index (χ0n) is 18.5. The molecule has 1 aromatic carbocycles. The SMILES string of the molecule is CC(C)OC(=O)Nc1ccc(-c2cnc(C3CCCCC3)s2)c([S+]([O-])C(C)(C)C)c1. The van der Waals surface area contributed by atoms with Crippen LogP contribution < -0.4 is 5.32 Å². The van der Waals surface area contributed by atoms with Gasteiger partial charge in [0, 0.05) is 29.4 Å². The fourth-order valence-electron chi connectivity index (χ4n) is 3.60. The molecule has 0 saturated heterocycles. The Hall–Kier alpha value is -1.57. The first-order valence-corrected chi connectivity index (χ1v) is 12.6. The Labute approximate surface area is 186 Å². The van der Waals surface area contributed by atoms with Gasteiger partial charge in [0.15, 0.2) is 4.90 Å². The highest BCUT2D eigenvalue weighted by Gasteiger charge is 2.32. The van der Waals surface area contributed by atoms with Crippen molar-refractivity contribution < 1.29 is 14.1 Å². The lowest BCUT2D eigenvalue weighted by Crippen LogP contribution is -2.28. The van der Waals surface area contributed by atoms with Crippen LogP contribution in [0.25, 0.3) is 10.4 Å². The average Bonchev–Trinajstić information content (AvgIpc) is 3.16. The molecule has 1 atom stereocenters. The number of nitrogens with one attached hydrogen (secondary N) is 1. The molecule has 1 aliphatic carbocycles. The van der Waals surface area contributed by atoms with E-state index >= 15 is 0 Å². The van der Waals surface area contributed by atoms with E-state index in [9.17, 15) is 9.35 Å². The minimum Gasteiger partial charge on any atom is -0.611 e. The van der Waals surface area contributed by atoms with Gasteiger partial charge in [0.05, 0.1) is 16.0 Å². The number of thiazole rings is 1. The molecule has 0 spiro atoms. The Morgan fingerprint density at radius 3 is 2.60 bits per heavy atom.